The number of benzene rings is 6. The van der Waals surface area contributed by atoms with Crippen molar-refractivity contribution < 1.29 is 23.8 Å². The summed E-state index contributed by atoms with van der Waals surface area (Å²) in [5, 5.41) is 13.7. The minimum atomic E-state index is -1.21. The number of tetrazole rings is 1. The second-order valence-corrected chi connectivity index (χ2v) is 15.4. The number of esters is 1. The second kappa shape index (κ2) is 17.6. The maximum atomic E-state index is 13.5. The summed E-state index contributed by atoms with van der Waals surface area (Å²) < 4.78 is 19.6. The first-order chi connectivity index (χ1) is 30.4. The van der Waals surface area contributed by atoms with Crippen molar-refractivity contribution in [1.82, 2.24) is 29.8 Å². The number of aromatic amines is 1. The largest absolute Gasteiger partial charge is 0.511 e. The van der Waals surface area contributed by atoms with Crippen molar-refractivity contribution in [3.63, 3.8) is 0 Å². The molecule has 12 heteroatoms. The molecule has 62 heavy (non-hydrogen) atoms. The van der Waals surface area contributed by atoms with E-state index in [9.17, 15) is 14.4 Å². The zero-order valence-corrected chi connectivity index (χ0v) is 34.1. The summed E-state index contributed by atoms with van der Waals surface area (Å²) in [7, 11) is 0. The molecule has 1 aliphatic carbocycles. The normalized spacial score (nSPS) is 13.7. The average molecular weight is 825 g/mol. The van der Waals surface area contributed by atoms with Gasteiger partial charge in [0.2, 0.25) is 6.29 Å². The number of imidazole rings is 1. The number of carbonyl (C=O) groups is 2. The third-order valence-electron chi connectivity index (χ3n) is 11.5. The van der Waals surface area contributed by atoms with Crippen LogP contribution in [0.2, 0.25) is 0 Å². The SMILES string of the molecule is C[C@H](OC(=O)OC1CCCCC1)OC(=O)c1cccc2[nH]c(=O)n(Cc3ccc(-c4ccccc4-c4nnnn4C(c4ccccc4)(c4ccccc4)c4ccccc4)cc3)c12. The molecule has 0 spiro atoms. The maximum absolute atomic E-state index is 13.5. The molecule has 0 saturated heterocycles. The number of nitrogens with zero attached hydrogens (tertiary/aromatic N) is 5. The van der Waals surface area contributed by atoms with Gasteiger partial charge in [0.25, 0.3) is 0 Å². The van der Waals surface area contributed by atoms with Crippen molar-refractivity contribution >= 4 is 23.2 Å². The van der Waals surface area contributed by atoms with Gasteiger partial charge in [-0.05, 0) is 81.6 Å². The molecule has 2 heterocycles. The zero-order valence-electron chi connectivity index (χ0n) is 34.1. The van der Waals surface area contributed by atoms with Crippen LogP contribution >= 0.6 is 0 Å². The molecule has 2 aromatic heterocycles. The van der Waals surface area contributed by atoms with Gasteiger partial charge in [0.1, 0.15) is 11.6 Å². The van der Waals surface area contributed by atoms with E-state index >= 15 is 0 Å². The van der Waals surface area contributed by atoms with Gasteiger partial charge in [-0.15, -0.1) is 5.10 Å². The molecule has 310 valence electrons. The number of hydrogen-bond acceptors (Lipinski definition) is 9. The van der Waals surface area contributed by atoms with Crippen molar-refractivity contribution in [3.05, 3.63) is 196 Å². The molecule has 6 aromatic carbocycles. The van der Waals surface area contributed by atoms with E-state index in [1.54, 1.807) is 18.2 Å². The fraction of sp³-hybridized carbons (Fsp3) is 0.200. The topological polar surface area (TPSA) is 143 Å². The summed E-state index contributed by atoms with van der Waals surface area (Å²) in [4.78, 5) is 42.2. The summed E-state index contributed by atoms with van der Waals surface area (Å²) in [6.07, 6.45) is 2.39. The Kier molecular flexibility index (Phi) is 11.3. The van der Waals surface area contributed by atoms with Crippen molar-refractivity contribution in [2.45, 2.75) is 63.5 Å². The molecule has 0 amide bonds. The first-order valence-electron chi connectivity index (χ1n) is 20.8. The molecule has 1 aliphatic rings. The average Bonchev–Trinajstić information content (AvgIpc) is 3.92. The van der Waals surface area contributed by atoms with Gasteiger partial charge in [-0.3, -0.25) is 4.57 Å². The van der Waals surface area contributed by atoms with Gasteiger partial charge in [-0.1, -0.05) is 152 Å². The van der Waals surface area contributed by atoms with Gasteiger partial charge in [0.15, 0.2) is 5.82 Å². The van der Waals surface area contributed by atoms with Crippen molar-refractivity contribution in [3.8, 4) is 22.5 Å². The number of rotatable bonds is 12. The van der Waals surface area contributed by atoms with E-state index < -0.39 is 24.0 Å². The van der Waals surface area contributed by atoms with E-state index in [0.717, 1.165) is 71.0 Å². The molecule has 1 atom stereocenters. The lowest BCUT2D eigenvalue weighted by atomic mass is 9.77. The smallest absolute Gasteiger partial charge is 0.431 e. The van der Waals surface area contributed by atoms with Crippen LogP contribution in [0.5, 0.6) is 0 Å². The third-order valence-corrected chi connectivity index (χ3v) is 11.5. The monoisotopic (exact) mass is 824 g/mol. The van der Waals surface area contributed by atoms with Crippen molar-refractivity contribution in [1.29, 1.82) is 0 Å². The van der Waals surface area contributed by atoms with E-state index in [4.69, 9.17) is 24.5 Å². The Morgan fingerprint density at radius 1 is 0.710 bits per heavy atom. The van der Waals surface area contributed by atoms with Crippen LogP contribution in [0.15, 0.2) is 163 Å². The number of ether oxygens (including phenoxy) is 3. The predicted octanol–water partition coefficient (Wildman–Crippen LogP) is 9.53. The highest BCUT2D eigenvalue weighted by atomic mass is 16.8. The van der Waals surface area contributed by atoms with Gasteiger partial charge in [-0.25, -0.2) is 19.1 Å². The van der Waals surface area contributed by atoms with E-state index in [0.29, 0.717) is 16.9 Å². The van der Waals surface area contributed by atoms with Crippen molar-refractivity contribution in [2.24, 2.45) is 0 Å². The molecule has 8 aromatic rings. The van der Waals surface area contributed by atoms with E-state index in [2.05, 4.69) is 46.6 Å². The van der Waals surface area contributed by atoms with Crippen LogP contribution in [-0.4, -0.2) is 54.3 Å². The van der Waals surface area contributed by atoms with Gasteiger partial charge < -0.3 is 19.2 Å². The van der Waals surface area contributed by atoms with E-state index in [-0.39, 0.29) is 23.9 Å². The van der Waals surface area contributed by atoms with Gasteiger partial charge in [0.05, 0.1) is 23.1 Å². The fourth-order valence-electron chi connectivity index (χ4n) is 8.64. The maximum Gasteiger partial charge on any atom is 0.511 e. The summed E-state index contributed by atoms with van der Waals surface area (Å²) in [6.45, 7) is 1.62. The molecule has 1 saturated carbocycles. The lowest BCUT2D eigenvalue weighted by Crippen LogP contribution is -2.39. The Bertz CT molecular complexity index is 2770. The Balaban J connectivity index is 1.02. The van der Waals surface area contributed by atoms with Gasteiger partial charge in [0, 0.05) is 12.5 Å². The molecule has 0 bridgehead atoms. The number of H-pyrrole nitrogens is 1. The molecular weight excluding hydrogens is 781 g/mol. The lowest BCUT2D eigenvalue weighted by Gasteiger charge is -2.36. The first-order valence-corrected chi connectivity index (χ1v) is 20.8. The number of carbonyl (C=O) groups excluding carboxylic acids is 2. The second-order valence-electron chi connectivity index (χ2n) is 15.4. The molecule has 0 aliphatic heterocycles. The number of aromatic nitrogens is 6. The predicted molar refractivity (Wildman–Crippen MR) is 234 cm³/mol. The summed E-state index contributed by atoms with van der Waals surface area (Å²) >= 11 is 0. The van der Waals surface area contributed by atoms with Crippen LogP contribution in [0.25, 0.3) is 33.5 Å². The van der Waals surface area contributed by atoms with Crippen LogP contribution in [0.3, 0.4) is 0 Å². The minimum absolute atomic E-state index is 0.151. The minimum Gasteiger partial charge on any atom is -0.431 e. The number of fused-ring (bicyclic) bond motifs is 1. The Morgan fingerprint density at radius 2 is 1.31 bits per heavy atom. The highest BCUT2D eigenvalue weighted by molar-refractivity contribution is 6.02. The number of para-hydroxylation sites is 1. The van der Waals surface area contributed by atoms with E-state index in [1.807, 2.05) is 108 Å². The summed E-state index contributed by atoms with van der Waals surface area (Å²) in [6, 6.07) is 51.7. The first kappa shape index (κ1) is 39.8. The van der Waals surface area contributed by atoms with Crippen LogP contribution < -0.4 is 5.69 Å². The molecular formula is C50H44N6O6. The van der Waals surface area contributed by atoms with Crippen LogP contribution in [-0.2, 0) is 26.3 Å². The number of hydrogen-bond donors (Lipinski definition) is 1. The lowest BCUT2D eigenvalue weighted by molar-refractivity contribution is -0.0914. The molecule has 0 radical (unpaired) electrons. The number of nitrogens with one attached hydrogen (secondary N) is 1. The standard InChI is InChI=1S/C50H44N6O6/c1-34(61-49(59)62-40-23-12-5-13-24-40)60-47(57)43-27-16-28-44-45(43)55(48(58)51-44)33-35-29-31-36(32-30-35)41-25-14-15-26-42(41)46-52-53-54-56(46)50(37-17-6-2-7-18-37,38-19-8-3-9-20-38)39-21-10-4-11-22-39/h2-4,6-11,14-22,25-32,34,40H,5,12-13,23-24,33H2,1H3,(H,51,58)/t34-/m0/s1. The van der Waals surface area contributed by atoms with E-state index in [1.165, 1.54) is 11.5 Å². The molecule has 0 unspecified atom stereocenters. The van der Waals surface area contributed by atoms with Gasteiger partial charge >= 0.3 is 17.8 Å². The molecule has 12 nitrogen and oxygen atoms in total. The Labute approximate surface area is 357 Å². The van der Waals surface area contributed by atoms with Gasteiger partial charge in [-0.2, -0.15) is 0 Å². The van der Waals surface area contributed by atoms with Crippen LogP contribution in [0.4, 0.5) is 4.79 Å². The highest BCUT2D eigenvalue weighted by Gasteiger charge is 2.42. The Morgan fingerprint density at radius 3 is 1.94 bits per heavy atom. The summed E-state index contributed by atoms with van der Waals surface area (Å²) in [5.74, 6) is -0.168. The zero-order chi connectivity index (χ0) is 42.5. The molecule has 1 N–H and O–H groups in total. The molecule has 9 rings (SSSR count). The summed E-state index contributed by atoms with van der Waals surface area (Å²) in [5.41, 5.74) is 6.13. The fourth-order valence-corrected chi connectivity index (χ4v) is 8.64. The highest BCUT2D eigenvalue weighted by Crippen LogP contribution is 2.43. The quantitative estimate of drug-likeness (QED) is 0.0724. The van der Waals surface area contributed by atoms with Crippen LogP contribution in [0.1, 0.15) is 71.6 Å². The van der Waals surface area contributed by atoms with Crippen molar-refractivity contribution in [2.75, 3.05) is 0 Å². The van der Waals surface area contributed by atoms with Crippen LogP contribution in [0, 0.1) is 0 Å². The molecule has 1 fully saturated rings. The Hall–Kier alpha value is -7.60. The third kappa shape index (κ3) is 7.78.